The van der Waals surface area contributed by atoms with E-state index in [-0.39, 0.29) is 4.32 Å². The molecule has 3 nitrogen and oxygen atoms in total. The van der Waals surface area contributed by atoms with Crippen LogP contribution in [0, 0.1) is 0 Å². The SMILES string of the molecule is CCOP(=O)(OCC)C1SC2=C(SC(=C3SC(SC)=C(SC)S3)S2)S1. The van der Waals surface area contributed by atoms with Gasteiger partial charge in [-0.1, -0.05) is 70.6 Å². The third kappa shape index (κ3) is 4.85. The summed E-state index contributed by atoms with van der Waals surface area (Å²) in [6.45, 7) is 4.53. The van der Waals surface area contributed by atoms with E-state index in [1.54, 1.807) is 47.0 Å². The van der Waals surface area contributed by atoms with Gasteiger partial charge in [0.15, 0.2) is 4.32 Å². The molecular formula is C13H17O3PS8. The molecule has 0 atom stereocenters. The Balaban J connectivity index is 1.66. The summed E-state index contributed by atoms with van der Waals surface area (Å²) in [4.78, 5) is 0. The Bertz CT molecular complexity index is 641. The molecule has 0 aromatic rings. The van der Waals surface area contributed by atoms with Crippen LogP contribution < -0.4 is 0 Å². The zero-order valence-electron chi connectivity index (χ0n) is 13.9. The second-order valence-electron chi connectivity index (χ2n) is 4.46. The molecule has 3 heterocycles. The fourth-order valence-electron chi connectivity index (χ4n) is 1.96. The van der Waals surface area contributed by atoms with E-state index in [0.29, 0.717) is 13.2 Å². The van der Waals surface area contributed by atoms with Crippen LogP contribution in [0.4, 0.5) is 0 Å². The molecule has 0 N–H and O–H groups in total. The van der Waals surface area contributed by atoms with Crippen molar-refractivity contribution in [2.75, 3.05) is 25.7 Å². The van der Waals surface area contributed by atoms with Gasteiger partial charge in [-0.15, -0.1) is 23.5 Å². The second-order valence-corrected chi connectivity index (χ2v) is 17.1. The van der Waals surface area contributed by atoms with Gasteiger partial charge in [0.1, 0.15) is 0 Å². The molecule has 0 aliphatic carbocycles. The van der Waals surface area contributed by atoms with Gasteiger partial charge < -0.3 is 9.05 Å². The molecule has 3 aliphatic rings. The number of hydrogen-bond acceptors (Lipinski definition) is 11. The Morgan fingerprint density at radius 2 is 1.28 bits per heavy atom. The molecule has 0 amide bonds. The van der Waals surface area contributed by atoms with Crippen molar-refractivity contribution in [3.63, 3.8) is 0 Å². The summed E-state index contributed by atoms with van der Waals surface area (Å²) < 4.78 is 31.8. The van der Waals surface area contributed by atoms with Crippen LogP contribution in [0.3, 0.4) is 0 Å². The summed E-state index contributed by atoms with van der Waals surface area (Å²) in [6, 6.07) is 0. The van der Waals surface area contributed by atoms with E-state index in [1.165, 1.54) is 25.4 Å². The molecule has 0 unspecified atom stereocenters. The molecule has 0 fully saturated rings. The monoisotopic (exact) mass is 508 g/mol. The first kappa shape index (κ1) is 21.9. The van der Waals surface area contributed by atoms with Crippen molar-refractivity contribution < 1.29 is 13.6 Å². The molecular weight excluding hydrogens is 492 g/mol. The van der Waals surface area contributed by atoms with Gasteiger partial charge in [-0.2, -0.15) is 0 Å². The van der Waals surface area contributed by atoms with Crippen molar-refractivity contribution in [1.29, 1.82) is 0 Å². The Kier molecular flexibility index (Phi) is 8.56. The van der Waals surface area contributed by atoms with Crippen LogP contribution >= 0.6 is 102 Å². The molecule has 0 bridgehead atoms. The molecule has 0 aromatic heterocycles. The molecule has 140 valence electrons. The number of thioether (sulfide) groups is 8. The molecule has 12 heteroatoms. The smallest absolute Gasteiger partial charge is 0.307 e. The van der Waals surface area contributed by atoms with Crippen LogP contribution in [0.25, 0.3) is 0 Å². The van der Waals surface area contributed by atoms with Gasteiger partial charge in [0, 0.05) is 0 Å². The predicted molar refractivity (Wildman–Crippen MR) is 128 cm³/mol. The van der Waals surface area contributed by atoms with Gasteiger partial charge >= 0.3 is 7.60 Å². The fourth-order valence-corrected chi connectivity index (χ4v) is 17.4. The Hall–Kier alpha value is 2.17. The van der Waals surface area contributed by atoms with Crippen molar-refractivity contribution in [3.05, 3.63) is 25.4 Å². The molecule has 25 heavy (non-hydrogen) atoms. The number of rotatable bonds is 7. The van der Waals surface area contributed by atoms with Crippen molar-refractivity contribution in [2.24, 2.45) is 0 Å². The highest BCUT2D eigenvalue weighted by atomic mass is 32.3. The minimum absolute atomic E-state index is 0.186. The Morgan fingerprint density at radius 3 is 1.68 bits per heavy atom. The van der Waals surface area contributed by atoms with Crippen LogP contribution in [0.2, 0.25) is 0 Å². The largest absolute Gasteiger partial charge is 0.354 e. The lowest BCUT2D eigenvalue weighted by atomic mass is 10.9. The summed E-state index contributed by atoms with van der Waals surface area (Å²) in [6.07, 6.45) is 4.27. The summed E-state index contributed by atoms with van der Waals surface area (Å²) in [7, 11) is -3.08. The lowest BCUT2D eigenvalue weighted by Gasteiger charge is -2.22. The topological polar surface area (TPSA) is 35.5 Å². The van der Waals surface area contributed by atoms with Gasteiger partial charge in [-0.3, -0.25) is 4.57 Å². The summed E-state index contributed by atoms with van der Waals surface area (Å²) in [5.41, 5.74) is 0. The minimum Gasteiger partial charge on any atom is -0.307 e. The third-order valence-electron chi connectivity index (χ3n) is 2.90. The highest BCUT2D eigenvalue weighted by Crippen LogP contribution is 2.76. The maximum Gasteiger partial charge on any atom is 0.354 e. The van der Waals surface area contributed by atoms with Crippen LogP contribution in [0.15, 0.2) is 25.4 Å². The van der Waals surface area contributed by atoms with E-state index in [9.17, 15) is 4.57 Å². The van der Waals surface area contributed by atoms with E-state index < -0.39 is 7.60 Å². The maximum atomic E-state index is 13.0. The second kappa shape index (κ2) is 9.78. The van der Waals surface area contributed by atoms with Crippen molar-refractivity contribution >= 4 is 102 Å². The zero-order valence-corrected chi connectivity index (χ0v) is 21.4. The average Bonchev–Trinajstić information content (AvgIpc) is 3.26. The summed E-state index contributed by atoms with van der Waals surface area (Å²) >= 11 is 14.3. The molecule has 0 radical (unpaired) electrons. The molecule has 3 rings (SSSR count). The molecule has 0 spiro atoms. The van der Waals surface area contributed by atoms with E-state index in [2.05, 4.69) is 12.5 Å². The molecule has 0 aromatic carbocycles. The van der Waals surface area contributed by atoms with E-state index in [1.807, 2.05) is 60.9 Å². The van der Waals surface area contributed by atoms with Gasteiger partial charge in [0.05, 0.1) is 38.6 Å². The summed E-state index contributed by atoms with van der Waals surface area (Å²) in [5, 5.41) is 0. The lowest BCUT2D eigenvalue weighted by molar-refractivity contribution is 0.223. The lowest BCUT2D eigenvalue weighted by Crippen LogP contribution is -2.04. The Morgan fingerprint density at radius 1 is 0.840 bits per heavy atom. The van der Waals surface area contributed by atoms with Crippen molar-refractivity contribution in [2.45, 2.75) is 18.2 Å². The highest BCUT2D eigenvalue weighted by molar-refractivity contribution is 8.49. The minimum atomic E-state index is -3.08. The molecule has 3 aliphatic heterocycles. The number of hydrogen-bond donors (Lipinski definition) is 0. The predicted octanol–water partition coefficient (Wildman–Crippen LogP) is 8.08. The normalized spacial score (nSPS) is 21.9. The van der Waals surface area contributed by atoms with Crippen molar-refractivity contribution in [1.82, 2.24) is 0 Å². The van der Waals surface area contributed by atoms with E-state index in [4.69, 9.17) is 9.05 Å². The van der Waals surface area contributed by atoms with Crippen molar-refractivity contribution in [3.8, 4) is 0 Å². The molecule has 0 saturated heterocycles. The first-order valence-electron chi connectivity index (χ1n) is 7.28. The quantitative estimate of drug-likeness (QED) is 0.313. The zero-order chi connectivity index (χ0) is 18.0. The molecule has 0 saturated carbocycles. The van der Waals surface area contributed by atoms with Gasteiger partial charge in [-0.25, -0.2) is 0 Å². The van der Waals surface area contributed by atoms with Crippen LogP contribution in [0.5, 0.6) is 0 Å². The standard InChI is InChI=1S/C13H17O3PS8/c1-5-15-17(14,16-6-2)13-24-11-12(25-13)23-10(22-11)9-20-7(18-3)8(19-4)21-9/h13H,5-6H2,1-4H3. The van der Waals surface area contributed by atoms with Crippen LogP contribution in [0.1, 0.15) is 13.8 Å². The fraction of sp³-hybridized carbons (Fsp3) is 0.538. The van der Waals surface area contributed by atoms with Crippen LogP contribution in [-0.4, -0.2) is 30.0 Å². The van der Waals surface area contributed by atoms with Gasteiger partial charge in [0.2, 0.25) is 0 Å². The first-order chi connectivity index (χ1) is 12.0. The van der Waals surface area contributed by atoms with Gasteiger partial charge in [0.25, 0.3) is 0 Å². The average molecular weight is 509 g/mol. The first-order valence-corrected chi connectivity index (χ1v) is 16.4. The van der Waals surface area contributed by atoms with E-state index >= 15 is 0 Å². The third-order valence-corrected chi connectivity index (χ3v) is 18.0. The summed E-state index contributed by atoms with van der Waals surface area (Å²) in [5.74, 6) is 0. The van der Waals surface area contributed by atoms with E-state index in [0.717, 1.165) is 0 Å². The maximum absolute atomic E-state index is 13.0. The Labute approximate surface area is 183 Å². The van der Waals surface area contributed by atoms with Gasteiger partial charge in [-0.05, 0) is 26.4 Å². The van der Waals surface area contributed by atoms with Crippen LogP contribution in [-0.2, 0) is 13.6 Å². The highest BCUT2D eigenvalue weighted by Gasteiger charge is 2.46.